The lowest BCUT2D eigenvalue weighted by Crippen LogP contribution is -2.58. The summed E-state index contributed by atoms with van der Waals surface area (Å²) in [5, 5.41) is 31.2. The van der Waals surface area contributed by atoms with Gasteiger partial charge in [-0.15, -0.1) is 0 Å². The standard InChI is InChI=1S/C21H36N6O8/c1-3-11(2)17(27-19(32)12-5-4-8-23-12)20(33)26-14(10-28)18(31)24-9-16(30)25-13(21(34)35)6-7-15(22)29/h11-14,17,23,28H,3-10H2,1-2H3,(H2,22,29)(H,24,31)(H,25,30)(H,26,33)(H,27,32)(H,34,35)/t11-,12-,13-,14-,17-/m0/s1. The molecule has 0 aliphatic carbocycles. The van der Waals surface area contributed by atoms with Gasteiger partial charge in [0.15, 0.2) is 0 Å². The third-order valence-electron chi connectivity index (χ3n) is 5.72. The van der Waals surface area contributed by atoms with Crippen LogP contribution in [-0.4, -0.2) is 89.6 Å². The number of aliphatic hydroxyl groups is 1. The molecule has 1 aliphatic rings. The van der Waals surface area contributed by atoms with E-state index in [1.54, 1.807) is 6.92 Å². The Bertz CT molecular complexity index is 786. The van der Waals surface area contributed by atoms with Crippen molar-refractivity contribution >= 4 is 35.5 Å². The summed E-state index contributed by atoms with van der Waals surface area (Å²) in [4.78, 5) is 71.8. The maximum absolute atomic E-state index is 12.8. The molecule has 198 valence electrons. The Morgan fingerprint density at radius 1 is 1.06 bits per heavy atom. The van der Waals surface area contributed by atoms with Crippen molar-refractivity contribution in [2.75, 3.05) is 19.7 Å². The summed E-state index contributed by atoms with van der Waals surface area (Å²) in [6, 6.07) is -4.13. The second-order valence-corrected chi connectivity index (χ2v) is 8.45. The maximum atomic E-state index is 12.8. The number of nitrogens with one attached hydrogen (secondary N) is 5. The van der Waals surface area contributed by atoms with Gasteiger partial charge in [0, 0.05) is 6.42 Å². The average molecular weight is 501 g/mol. The van der Waals surface area contributed by atoms with E-state index in [1.807, 2.05) is 6.92 Å². The van der Waals surface area contributed by atoms with Gasteiger partial charge < -0.3 is 42.5 Å². The number of aliphatic carboxylic acids is 1. The Balaban J connectivity index is 2.67. The van der Waals surface area contributed by atoms with Gasteiger partial charge in [-0.05, 0) is 31.7 Å². The van der Waals surface area contributed by atoms with Crippen LogP contribution in [0.5, 0.6) is 0 Å². The van der Waals surface area contributed by atoms with Crippen molar-refractivity contribution in [3.05, 3.63) is 0 Å². The number of carbonyl (C=O) groups is 6. The molecule has 14 heteroatoms. The van der Waals surface area contributed by atoms with Crippen molar-refractivity contribution in [1.29, 1.82) is 0 Å². The average Bonchev–Trinajstić information content (AvgIpc) is 3.36. The van der Waals surface area contributed by atoms with Crippen molar-refractivity contribution in [1.82, 2.24) is 26.6 Å². The molecular formula is C21H36N6O8. The molecule has 0 aromatic carbocycles. The highest BCUT2D eigenvalue weighted by Crippen LogP contribution is 2.11. The molecule has 35 heavy (non-hydrogen) atoms. The van der Waals surface area contributed by atoms with Crippen LogP contribution in [-0.2, 0) is 28.8 Å². The Kier molecular flexibility index (Phi) is 12.7. The molecule has 0 radical (unpaired) electrons. The lowest BCUT2D eigenvalue weighted by Gasteiger charge is -2.27. The molecule has 0 unspecified atom stereocenters. The van der Waals surface area contributed by atoms with Crippen molar-refractivity contribution in [2.45, 2.75) is 70.1 Å². The first-order valence-corrected chi connectivity index (χ1v) is 11.5. The smallest absolute Gasteiger partial charge is 0.326 e. The van der Waals surface area contributed by atoms with E-state index in [0.29, 0.717) is 19.4 Å². The Labute approximate surface area is 203 Å². The molecule has 1 rings (SSSR count). The highest BCUT2D eigenvalue weighted by Gasteiger charge is 2.32. The molecule has 0 aromatic rings. The van der Waals surface area contributed by atoms with Crippen LogP contribution >= 0.6 is 0 Å². The van der Waals surface area contributed by atoms with Crippen molar-refractivity contribution in [3.63, 3.8) is 0 Å². The van der Waals surface area contributed by atoms with E-state index < -0.39 is 66.9 Å². The summed E-state index contributed by atoms with van der Waals surface area (Å²) in [6.07, 6.45) is 1.57. The van der Waals surface area contributed by atoms with Crippen LogP contribution in [0, 0.1) is 5.92 Å². The fourth-order valence-electron chi connectivity index (χ4n) is 3.40. The molecule has 1 saturated heterocycles. The predicted molar refractivity (Wildman–Crippen MR) is 122 cm³/mol. The number of carboxylic acids is 1. The number of carboxylic acid groups (broad SMARTS) is 1. The van der Waals surface area contributed by atoms with Crippen LogP contribution in [0.2, 0.25) is 0 Å². The molecule has 1 aliphatic heterocycles. The van der Waals surface area contributed by atoms with E-state index in [1.165, 1.54) is 0 Å². The molecule has 9 N–H and O–H groups in total. The number of hydrogen-bond donors (Lipinski definition) is 8. The zero-order valence-electron chi connectivity index (χ0n) is 20.0. The lowest BCUT2D eigenvalue weighted by molar-refractivity contribution is -0.142. The van der Waals surface area contributed by atoms with Crippen LogP contribution in [0.15, 0.2) is 0 Å². The Morgan fingerprint density at radius 2 is 1.74 bits per heavy atom. The van der Waals surface area contributed by atoms with Gasteiger partial charge in [-0.3, -0.25) is 24.0 Å². The van der Waals surface area contributed by atoms with E-state index in [4.69, 9.17) is 10.8 Å². The molecule has 0 spiro atoms. The second kappa shape index (κ2) is 14.9. The Morgan fingerprint density at radius 3 is 2.26 bits per heavy atom. The summed E-state index contributed by atoms with van der Waals surface area (Å²) in [6.45, 7) is 2.90. The molecule has 5 amide bonds. The third-order valence-corrected chi connectivity index (χ3v) is 5.72. The number of nitrogens with two attached hydrogens (primary N) is 1. The van der Waals surface area contributed by atoms with Gasteiger partial charge in [0.05, 0.1) is 19.2 Å². The predicted octanol–water partition coefficient (Wildman–Crippen LogP) is -3.30. The van der Waals surface area contributed by atoms with Crippen molar-refractivity contribution in [2.24, 2.45) is 11.7 Å². The highest BCUT2D eigenvalue weighted by atomic mass is 16.4. The molecule has 0 aromatic heterocycles. The number of aliphatic hydroxyl groups excluding tert-OH is 1. The first-order chi connectivity index (χ1) is 16.5. The van der Waals surface area contributed by atoms with Crippen LogP contribution in [0.1, 0.15) is 46.0 Å². The molecule has 1 heterocycles. The fourth-order valence-corrected chi connectivity index (χ4v) is 3.40. The lowest BCUT2D eigenvalue weighted by atomic mass is 9.97. The topological polar surface area (TPSA) is 229 Å². The largest absolute Gasteiger partial charge is 0.480 e. The van der Waals surface area contributed by atoms with Gasteiger partial charge >= 0.3 is 5.97 Å². The summed E-state index contributed by atoms with van der Waals surface area (Å²) >= 11 is 0. The van der Waals surface area contributed by atoms with E-state index in [2.05, 4.69) is 26.6 Å². The summed E-state index contributed by atoms with van der Waals surface area (Å²) < 4.78 is 0. The number of primary amides is 1. The van der Waals surface area contributed by atoms with Gasteiger partial charge in [-0.1, -0.05) is 20.3 Å². The third kappa shape index (κ3) is 10.3. The normalized spacial score (nSPS) is 18.4. The highest BCUT2D eigenvalue weighted by molar-refractivity contribution is 5.94. The maximum Gasteiger partial charge on any atom is 0.326 e. The van der Waals surface area contributed by atoms with Crippen LogP contribution < -0.4 is 32.3 Å². The molecule has 1 fully saturated rings. The number of amides is 5. The minimum atomic E-state index is -1.41. The van der Waals surface area contributed by atoms with Gasteiger partial charge in [0.2, 0.25) is 29.5 Å². The fraction of sp³-hybridized carbons (Fsp3) is 0.714. The summed E-state index contributed by atoms with van der Waals surface area (Å²) in [5.74, 6) is -5.10. The zero-order chi connectivity index (χ0) is 26.5. The minimum absolute atomic E-state index is 0.223. The first kappa shape index (κ1) is 29.8. The minimum Gasteiger partial charge on any atom is -0.480 e. The number of carbonyl (C=O) groups excluding carboxylic acids is 5. The molecule has 5 atom stereocenters. The van der Waals surface area contributed by atoms with E-state index in [0.717, 1.165) is 6.42 Å². The number of hydrogen-bond acceptors (Lipinski definition) is 8. The van der Waals surface area contributed by atoms with Crippen molar-refractivity contribution in [3.8, 4) is 0 Å². The number of rotatable bonds is 15. The quantitative estimate of drug-likeness (QED) is 0.112. The summed E-state index contributed by atoms with van der Waals surface area (Å²) in [5.41, 5.74) is 4.98. The van der Waals surface area contributed by atoms with Gasteiger partial charge in [0.25, 0.3) is 0 Å². The van der Waals surface area contributed by atoms with E-state index in [-0.39, 0.29) is 24.7 Å². The van der Waals surface area contributed by atoms with Gasteiger partial charge in [0.1, 0.15) is 18.1 Å². The van der Waals surface area contributed by atoms with E-state index in [9.17, 15) is 33.9 Å². The van der Waals surface area contributed by atoms with Crippen LogP contribution in [0.3, 0.4) is 0 Å². The van der Waals surface area contributed by atoms with Crippen LogP contribution in [0.25, 0.3) is 0 Å². The van der Waals surface area contributed by atoms with Gasteiger partial charge in [-0.2, -0.15) is 0 Å². The van der Waals surface area contributed by atoms with Crippen molar-refractivity contribution < 1.29 is 39.0 Å². The Hall–Kier alpha value is -3.26. The summed E-state index contributed by atoms with van der Waals surface area (Å²) in [7, 11) is 0. The molecule has 0 saturated carbocycles. The van der Waals surface area contributed by atoms with Gasteiger partial charge in [-0.25, -0.2) is 4.79 Å². The molecule has 14 nitrogen and oxygen atoms in total. The zero-order valence-corrected chi connectivity index (χ0v) is 20.0. The first-order valence-electron chi connectivity index (χ1n) is 11.5. The monoisotopic (exact) mass is 500 g/mol. The van der Waals surface area contributed by atoms with Crippen LogP contribution in [0.4, 0.5) is 0 Å². The van der Waals surface area contributed by atoms with E-state index >= 15 is 0 Å². The molecule has 0 bridgehead atoms. The second-order valence-electron chi connectivity index (χ2n) is 8.45. The SMILES string of the molecule is CC[C@H](C)[C@H](NC(=O)[C@@H]1CCCN1)C(=O)N[C@@H](CO)C(=O)NCC(=O)N[C@@H](CCC(N)=O)C(=O)O. The molecular weight excluding hydrogens is 464 g/mol.